The number of methoxy groups -OCH3 is 1. The van der Waals surface area contributed by atoms with E-state index in [2.05, 4.69) is 25.4 Å². The lowest BCUT2D eigenvalue weighted by molar-refractivity contribution is -0.134. The van der Waals surface area contributed by atoms with E-state index in [0.717, 1.165) is 47.0 Å². The number of hydrogen-bond donors (Lipinski definition) is 5. The third-order valence-corrected chi connectivity index (χ3v) is 5.70. The highest BCUT2D eigenvalue weighted by Gasteiger charge is 2.25. The Kier molecular flexibility index (Phi) is 8.19. The number of aromatic amines is 1. The second kappa shape index (κ2) is 11.9. The molecular formula is C26H28N8O5. The molecule has 4 aromatic rings. The number of nitrogen functional groups attached to an aromatic ring is 1. The van der Waals surface area contributed by atoms with Crippen LogP contribution < -0.4 is 26.2 Å². The number of hydrogen-bond acceptors (Lipinski definition) is 9. The highest BCUT2D eigenvalue weighted by atomic mass is 16.5. The van der Waals surface area contributed by atoms with Gasteiger partial charge >= 0.3 is 5.69 Å². The van der Waals surface area contributed by atoms with Crippen LogP contribution in [0.3, 0.4) is 0 Å². The van der Waals surface area contributed by atoms with Crippen molar-refractivity contribution in [3.8, 4) is 17.4 Å². The summed E-state index contributed by atoms with van der Waals surface area (Å²) in [5.74, 6) is 1.05. The number of carbonyl (C=O) groups is 1. The first-order valence-electron chi connectivity index (χ1n) is 12.0. The smallest absolute Gasteiger partial charge is 0.350 e. The number of anilines is 1. The van der Waals surface area contributed by atoms with Crippen molar-refractivity contribution >= 4 is 17.5 Å². The highest BCUT2D eigenvalue weighted by Crippen LogP contribution is 2.39. The van der Waals surface area contributed by atoms with Crippen LogP contribution in [-0.4, -0.2) is 55.4 Å². The number of aliphatic carboxylic acids is 1. The number of H-pyrrole nitrogens is 1. The average molecular weight is 533 g/mol. The molecule has 13 nitrogen and oxygen atoms in total. The maximum atomic E-state index is 12.8. The molecule has 1 aliphatic heterocycles. The number of nitrogens with two attached hydrogens (primary N) is 1. The number of aromatic nitrogens is 5. The van der Waals surface area contributed by atoms with Crippen molar-refractivity contribution in [1.29, 1.82) is 5.41 Å². The topological polar surface area (TPSA) is 194 Å². The van der Waals surface area contributed by atoms with Crippen LogP contribution in [0.1, 0.15) is 41.9 Å². The van der Waals surface area contributed by atoms with Crippen molar-refractivity contribution in [1.82, 2.24) is 24.7 Å². The third kappa shape index (κ3) is 6.39. The van der Waals surface area contributed by atoms with Gasteiger partial charge in [-0.25, -0.2) is 14.8 Å². The van der Waals surface area contributed by atoms with Crippen LogP contribution in [0.2, 0.25) is 0 Å². The molecule has 2 aromatic carbocycles. The van der Waals surface area contributed by atoms with E-state index in [1.165, 1.54) is 0 Å². The lowest BCUT2D eigenvalue weighted by Gasteiger charge is -2.24. The van der Waals surface area contributed by atoms with E-state index in [-0.39, 0.29) is 11.8 Å². The Labute approximate surface area is 223 Å². The summed E-state index contributed by atoms with van der Waals surface area (Å²) >= 11 is 0. The number of nitrogens with zero attached hydrogens (tertiary/aromatic N) is 4. The molecule has 0 amide bonds. The van der Waals surface area contributed by atoms with Gasteiger partial charge in [0.05, 0.1) is 13.7 Å². The summed E-state index contributed by atoms with van der Waals surface area (Å²) in [5, 5.41) is 23.0. The minimum absolute atomic E-state index is 0.0153. The molecule has 0 fully saturated rings. The van der Waals surface area contributed by atoms with Crippen LogP contribution in [0.25, 0.3) is 5.95 Å². The predicted octanol–water partition coefficient (Wildman–Crippen LogP) is 2.26. The first-order valence-corrected chi connectivity index (χ1v) is 12.0. The summed E-state index contributed by atoms with van der Waals surface area (Å²) in [4.78, 5) is 32.9. The van der Waals surface area contributed by atoms with E-state index >= 15 is 0 Å². The average Bonchev–Trinajstić information content (AvgIpc) is 3.32. The van der Waals surface area contributed by atoms with Gasteiger partial charge in [-0.3, -0.25) is 15.2 Å². The second-order valence-corrected chi connectivity index (χ2v) is 8.53. The van der Waals surface area contributed by atoms with E-state index in [1.54, 1.807) is 37.7 Å². The molecule has 0 spiro atoms. The molecule has 3 heterocycles. The lowest BCUT2D eigenvalue weighted by atomic mass is 9.97. The Morgan fingerprint density at radius 2 is 1.95 bits per heavy atom. The van der Waals surface area contributed by atoms with Gasteiger partial charge < -0.3 is 25.6 Å². The van der Waals surface area contributed by atoms with Crippen LogP contribution in [0, 0.1) is 5.41 Å². The normalized spacial score (nSPS) is 12.7. The standard InChI is InChI=1S/C24H24N8O3.C2H4O2/c1-34-18-13-16(12-15-4-2-11-35-20(15)18)19(29-17-7-5-14(6-8-17)21(25)26)22-30-24(33)32(31-22)23-27-9-3-10-28-23;1-2(3)4/h3,5-10,12-13,19,29H,2,4,11H2,1H3,(H3,25,26)(H,30,31,33);1H3,(H,3,4). The summed E-state index contributed by atoms with van der Waals surface area (Å²) in [6.07, 6.45) is 4.84. The molecule has 0 aliphatic carbocycles. The van der Waals surface area contributed by atoms with Gasteiger partial charge in [-0.05, 0) is 66.4 Å². The van der Waals surface area contributed by atoms with Gasteiger partial charge in [-0.1, -0.05) is 0 Å². The SMILES string of the molecule is CC(=O)O.COc1cc(C(Nc2ccc(C(=N)N)cc2)c2nn(-c3ncccn3)c(=O)[nH]2)cc2c1OCCC2. The molecule has 2 aromatic heterocycles. The molecule has 5 rings (SSSR count). The quantitative estimate of drug-likeness (QED) is 0.174. The number of nitrogens with one attached hydrogen (secondary N) is 3. The van der Waals surface area contributed by atoms with Crippen molar-refractivity contribution < 1.29 is 19.4 Å². The van der Waals surface area contributed by atoms with Crippen LogP contribution in [0.4, 0.5) is 5.69 Å². The number of carboxylic acid groups (broad SMARTS) is 1. The summed E-state index contributed by atoms with van der Waals surface area (Å²) in [7, 11) is 1.60. The Hall–Kier alpha value is -5.20. The van der Waals surface area contributed by atoms with Crippen molar-refractivity contribution in [2.45, 2.75) is 25.8 Å². The Balaban J connectivity index is 0.000000826. The molecule has 0 radical (unpaired) electrons. The van der Waals surface area contributed by atoms with Gasteiger partial charge in [0.15, 0.2) is 17.3 Å². The van der Waals surface area contributed by atoms with Crippen molar-refractivity contribution in [2.24, 2.45) is 5.73 Å². The van der Waals surface area contributed by atoms with Crippen LogP contribution in [0.15, 0.2) is 59.7 Å². The van der Waals surface area contributed by atoms with Crippen molar-refractivity contribution in [2.75, 3.05) is 19.0 Å². The fraction of sp³-hybridized carbons (Fsp3) is 0.231. The molecule has 0 saturated carbocycles. The van der Waals surface area contributed by atoms with Crippen LogP contribution >= 0.6 is 0 Å². The maximum absolute atomic E-state index is 12.8. The number of amidine groups is 1. The monoisotopic (exact) mass is 532 g/mol. The lowest BCUT2D eigenvalue weighted by Crippen LogP contribution is -2.18. The first-order chi connectivity index (χ1) is 18.8. The van der Waals surface area contributed by atoms with E-state index < -0.39 is 17.7 Å². The first kappa shape index (κ1) is 26.9. The molecule has 1 atom stereocenters. The molecule has 39 heavy (non-hydrogen) atoms. The van der Waals surface area contributed by atoms with Crippen LogP contribution in [0.5, 0.6) is 11.5 Å². The minimum Gasteiger partial charge on any atom is -0.493 e. The maximum Gasteiger partial charge on any atom is 0.350 e. The molecular weight excluding hydrogens is 504 g/mol. The van der Waals surface area contributed by atoms with Gasteiger partial charge in [0.1, 0.15) is 11.9 Å². The predicted molar refractivity (Wildman–Crippen MR) is 143 cm³/mol. The fourth-order valence-corrected chi connectivity index (χ4v) is 4.02. The van der Waals surface area contributed by atoms with Gasteiger partial charge in [-0.2, -0.15) is 0 Å². The number of benzene rings is 2. The summed E-state index contributed by atoms with van der Waals surface area (Å²) < 4.78 is 12.6. The minimum atomic E-state index is -0.833. The fourth-order valence-electron chi connectivity index (χ4n) is 4.02. The molecule has 202 valence electrons. The van der Waals surface area contributed by atoms with Gasteiger partial charge in [0.25, 0.3) is 11.9 Å². The molecule has 1 aliphatic rings. The van der Waals surface area contributed by atoms with E-state index in [1.807, 2.05) is 24.3 Å². The Morgan fingerprint density at radius 1 is 1.26 bits per heavy atom. The zero-order valence-electron chi connectivity index (χ0n) is 21.3. The number of rotatable bonds is 7. The molecule has 6 N–H and O–H groups in total. The van der Waals surface area contributed by atoms with Gasteiger partial charge in [0.2, 0.25) is 0 Å². The number of aryl methyl sites for hydroxylation is 1. The van der Waals surface area contributed by atoms with E-state index in [9.17, 15) is 4.79 Å². The number of fused-ring (bicyclic) bond motifs is 1. The summed E-state index contributed by atoms with van der Waals surface area (Å²) in [5.41, 5.74) is 8.35. The second-order valence-electron chi connectivity index (χ2n) is 8.53. The summed E-state index contributed by atoms with van der Waals surface area (Å²) in [6.45, 7) is 1.72. The largest absolute Gasteiger partial charge is 0.493 e. The van der Waals surface area contributed by atoms with E-state index in [4.69, 9.17) is 30.5 Å². The summed E-state index contributed by atoms with van der Waals surface area (Å²) in [6, 6.07) is 12.2. The zero-order valence-corrected chi connectivity index (χ0v) is 21.3. The number of ether oxygens (including phenoxy) is 2. The molecule has 13 heteroatoms. The highest BCUT2D eigenvalue weighted by molar-refractivity contribution is 5.95. The molecule has 0 bridgehead atoms. The van der Waals surface area contributed by atoms with Crippen LogP contribution in [-0.2, 0) is 11.2 Å². The molecule has 0 saturated heterocycles. The van der Waals surface area contributed by atoms with Crippen molar-refractivity contribution in [3.05, 3.63) is 87.9 Å². The number of carboxylic acids is 1. The Bertz CT molecular complexity index is 1490. The third-order valence-electron chi connectivity index (χ3n) is 5.70. The van der Waals surface area contributed by atoms with Crippen molar-refractivity contribution in [3.63, 3.8) is 0 Å². The zero-order chi connectivity index (χ0) is 27.9. The van der Waals surface area contributed by atoms with E-state index in [0.29, 0.717) is 23.7 Å². The van der Waals surface area contributed by atoms with Gasteiger partial charge in [0, 0.05) is 30.6 Å². The molecule has 1 unspecified atom stereocenters. The van der Waals surface area contributed by atoms with Gasteiger partial charge in [-0.15, -0.1) is 9.78 Å². The Morgan fingerprint density at radius 3 is 2.59 bits per heavy atom.